The fraction of sp³-hybridized carbons (Fsp3) is 0.435. The predicted octanol–water partition coefficient (Wildman–Crippen LogP) is 3.65. The monoisotopic (exact) mass is 476 g/mol. The first-order valence-corrected chi connectivity index (χ1v) is 11.7. The van der Waals surface area contributed by atoms with Gasteiger partial charge >= 0.3 is 11.9 Å². The molecular formula is C23H23F3N4O2S. The molecule has 6 nitrogen and oxygen atoms in total. The maximum atomic E-state index is 12.9. The second-order valence-electron chi connectivity index (χ2n) is 9.01. The van der Waals surface area contributed by atoms with Crippen LogP contribution in [0.2, 0.25) is 0 Å². The number of rotatable bonds is 6. The molecule has 1 aliphatic heterocycles. The van der Waals surface area contributed by atoms with E-state index in [1.54, 1.807) is 18.3 Å². The van der Waals surface area contributed by atoms with Crippen molar-refractivity contribution in [2.45, 2.75) is 37.9 Å². The van der Waals surface area contributed by atoms with Crippen LogP contribution in [0.25, 0.3) is 10.6 Å². The number of benzene rings is 1. The van der Waals surface area contributed by atoms with E-state index < -0.39 is 23.0 Å². The third-order valence-corrected chi connectivity index (χ3v) is 7.73. The van der Waals surface area contributed by atoms with Gasteiger partial charge in [-0.1, -0.05) is 12.1 Å². The molecule has 33 heavy (non-hydrogen) atoms. The van der Waals surface area contributed by atoms with Crippen LogP contribution in [0.15, 0.2) is 45.4 Å². The molecule has 1 saturated carbocycles. The van der Waals surface area contributed by atoms with Gasteiger partial charge in [-0.25, -0.2) is 9.78 Å². The van der Waals surface area contributed by atoms with Gasteiger partial charge in [0.2, 0.25) is 0 Å². The molecule has 3 heterocycles. The molecule has 2 atom stereocenters. The summed E-state index contributed by atoms with van der Waals surface area (Å²) in [5, 5.41) is 2.44. The summed E-state index contributed by atoms with van der Waals surface area (Å²) in [6, 6.07) is 5.58. The normalized spacial score (nSPS) is 22.5. The van der Waals surface area contributed by atoms with Crippen LogP contribution < -0.4 is 11.2 Å². The van der Waals surface area contributed by atoms with Gasteiger partial charge in [-0.2, -0.15) is 13.2 Å². The van der Waals surface area contributed by atoms with Crippen LogP contribution >= 0.6 is 11.3 Å². The SMILES string of the molecule is Cc1csc(-c2cn(CCCN3CC4C[C@]4(c4ccc(C(F)(F)F)cc4)C3)c(=O)[nH]c2=O)n1. The Morgan fingerprint density at radius 2 is 1.97 bits per heavy atom. The first-order chi connectivity index (χ1) is 15.7. The van der Waals surface area contributed by atoms with Gasteiger partial charge in [-0.3, -0.25) is 14.3 Å². The standard InChI is InChI=1S/C23H23F3N4O2S/c1-14-12-33-20(27-14)18-11-30(21(32)28-19(18)31)8-2-7-29-10-17-9-22(17,13-29)15-3-5-16(6-4-15)23(24,25)26/h3-6,11-12,17H,2,7-10,13H2,1H3,(H,28,31,32)/t17?,22-/m1/s1. The van der Waals surface area contributed by atoms with Crippen LogP contribution in [0.4, 0.5) is 13.2 Å². The van der Waals surface area contributed by atoms with E-state index in [4.69, 9.17) is 0 Å². The second kappa shape index (κ2) is 7.95. The number of aromatic amines is 1. The molecular weight excluding hydrogens is 453 g/mol. The summed E-state index contributed by atoms with van der Waals surface area (Å²) in [5.41, 5.74) is 0.635. The lowest BCUT2D eigenvalue weighted by Crippen LogP contribution is -2.32. The molecule has 3 aromatic rings. The van der Waals surface area contributed by atoms with Crippen molar-refractivity contribution in [1.29, 1.82) is 0 Å². The van der Waals surface area contributed by atoms with E-state index in [0.717, 1.165) is 43.7 Å². The average Bonchev–Trinajstić information content (AvgIpc) is 3.09. The van der Waals surface area contributed by atoms with E-state index in [1.807, 2.05) is 12.3 Å². The lowest BCUT2D eigenvalue weighted by molar-refractivity contribution is -0.137. The van der Waals surface area contributed by atoms with Gasteiger partial charge in [0.05, 0.1) is 11.1 Å². The number of nitrogens with one attached hydrogen (secondary N) is 1. The van der Waals surface area contributed by atoms with Gasteiger partial charge in [0.25, 0.3) is 5.56 Å². The Morgan fingerprint density at radius 1 is 1.21 bits per heavy atom. The summed E-state index contributed by atoms with van der Waals surface area (Å²) >= 11 is 1.36. The van der Waals surface area contributed by atoms with Crippen molar-refractivity contribution in [3.63, 3.8) is 0 Å². The molecule has 5 rings (SSSR count). The van der Waals surface area contributed by atoms with Crippen molar-refractivity contribution in [3.8, 4) is 10.6 Å². The molecule has 0 radical (unpaired) electrons. The molecule has 2 aromatic heterocycles. The lowest BCUT2D eigenvalue weighted by Gasteiger charge is -2.21. The molecule has 174 valence electrons. The number of thiazole rings is 1. The molecule has 1 aliphatic carbocycles. The first kappa shape index (κ1) is 22.1. The number of hydrogen-bond acceptors (Lipinski definition) is 5. The largest absolute Gasteiger partial charge is 0.416 e. The molecule has 2 fully saturated rings. The summed E-state index contributed by atoms with van der Waals surface area (Å²) < 4.78 is 40.1. The van der Waals surface area contributed by atoms with Gasteiger partial charge in [0.15, 0.2) is 0 Å². The molecule has 1 unspecified atom stereocenters. The Kier molecular flexibility index (Phi) is 5.32. The zero-order valence-electron chi connectivity index (χ0n) is 18.0. The van der Waals surface area contributed by atoms with E-state index >= 15 is 0 Å². The molecule has 0 bridgehead atoms. The first-order valence-electron chi connectivity index (χ1n) is 10.8. The van der Waals surface area contributed by atoms with E-state index in [-0.39, 0.29) is 5.41 Å². The lowest BCUT2D eigenvalue weighted by atomic mass is 9.94. The maximum Gasteiger partial charge on any atom is 0.416 e. The fourth-order valence-electron chi connectivity index (χ4n) is 4.97. The van der Waals surface area contributed by atoms with Crippen molar-refractivity contribution in [2.75, 3.05) is 19.6 Å². The van der Waals surface area contributed by atoms with Gasteiger partial charge in [0.1, 0.15) is 5.01 Å². The van der Waals surface area contributed by atoms with E-state index in [0.29, 0.717) is 23.0 Å². The molecule has 1 N–H and O–H groups in total. The molecule has 2 aliphatic rings. The Bertz CT molecular complexity index is 1290. The second-order valence-corrected chi connectivity index (χ2v) is 9.87. The Balaban J connectivity index is 1.22. The highest BCUT2D eigenvalue weighted by atomic mass is 32.1. The van der Waals surface area contributed by atoms with Crippen LogP contribution in [0.5, 0.6) is 0 Å². The third-order valence-electron chi connectivity index (χ3n) is 6.74. The van der Waals surface area contributed by atoms with E-state index in [9.17, 15) is 22.8 Å². The van der Waals surface area contributed by atoms with Gasteiger partial charge in [-0.15, -0.1) is 11.3 Å². The highest BCUT2D eigenvalue weighted by Crippen LogP contribution is 2.59. The molecule has 1 aromatic carbocycles. The number of aromatic nitrogens is 3. The number of halogens is 3. The maximum absolute atomic E-state index is 12.9. The van der Waals surface area contributed by atoms with Crippen LogP contribution in [-0.2, 0) is 18.1 Å². The molecule has 0 amide bonds. The van der Waals surface area contributed by atoms with Crippen LogP contribution in [0.3, 0.4) is 0 Å². The molecule has 1 saturated heterocycles. The van der Waals surface area contributed by atoms with Crippen LogP contribution in [-0.4, -0.2) is 39.1 Å². The molecule has 0 spiro atoms. The number of aryl methyl sites for hydroxylation is 2. The average molecular weight is 477 g/mol. The minimum absolute atomic E-state index is 0.0468. The molecule has 10 heteroatoms. The quantitative estimate of drug-likeness (QED) is 0.590. The number of likely N-dealkylation sites (tertiary alicyclic amines) is 1. The smallest absolute Gasteiger partial charge is 0.302 e. The Hall–Kier alpha value is -2.72. The number of fused-ring (bicyclic) bond motifs is 1. The third kappa shape index (κ3) is 4.17. The summed E-state index contributed by atoms with van der Waals surface area (Å²) in [6.07, 6.45) is -1.02. The zero-order chi connectivity index (χ0) is 23.4. The number of alkyl halides is 3. The summed E-state index contributed by atoms with van der Waals surface area (Å²) in [7, 11) is 0. The number of hydrogen-bond donors (Lipinski definition) is 1. The van der Waals surface area contributed by atoms with Gasteiger partial charge in [-0.05, 0) is 49.9 Å². The van der Waals surface area contributed by atoms with E-state index in [2.05, 4.69) is 14.9 Å². The van der Waals surface area contributed by atoms with Gasteiger partial charge in [0, 0.05) is 42.3 Å². The van der Waals surface area contributed by atoms with E-state index in [1.165, 1.54) is 28.0 Å². The topological polar surface area (TPSA) is 71.0 Å². The van der Waals surface area contributed by atoms with Crippen molar-refractivity contribution in [1.82, 2.24) is 19.4 Å². The number of nitrogens with zero attached hydrogens (tertiary/aromatic N) is 3. The van der Waals surface area contributed by atoms with Crippen molar-refractivity contribution < 1.29 is 13.2 Å². The summed E-state index contributed by atoms with van der Waals surface area (Å²) in [4.78, 5) is 33.5. The number of H-pyrrole nitrogens is 1. The van der Waals surface area contributed by atoms with Crippen LogP contribution in [0.1, 0.15) is 29.7 Å². The minimum atomic E-state index is -4.32. The highest BCUT2D eigenvalue weighted by Gasteiger charge is 2.60. The summed E-state index contributed by atoms with van der Waals surface area (Å²) in [6.45, 7) is 4.80. The summed E-state index contributed by atoms with van der Waals surface area (Å²) in [5.74, 6) is 0.463. The van der Waals surface area contributed by atoms with Crippen molar-refractivity contribution in [2.24, 2.45) is 5.92 Å². The van der Waals surface area contributed by atoms with Gasteiger partial charge < -0.3 is 4.90 Å². The highest BCUT2D eigenvalue weighted by molar-refractivity contribution is 7.13. The fourth-order valence-corrected chi connectivity index (χ4v) is 5.77. The van der Waals surface area contributed by atoms with Crippen molar-refractivity contribution >= 4 is 11.3 Å². The predicted molar refractivity (Wildman–Crippen MR) is 119 cm³/mol. The Morgan fingerprint density at radius 3 is 2.64 bits per heavy atom. The Labute approximate surface area is 191 Å². The van der Waals surface area contributed by atoms with Crippen molar-refractivity contribution in [3.05, 3.63) is 73.5 Å². The number of piperidine rings is 1. The zero-order valence-corrected chi connectivity index (χ0v) is 18.8. The minimum Gasteiger partial charge on any atom is -0.302 e. The van der Waals surface area contributed by atoms with Crippen LogP contribution in [0, 0.1) is 12.8 Å².